The fourth-order valence-corrected chi connectivity index (χ4v) is 2.17. The Labute approximate surface area is 98.8 Å². The Hall–Kier alpha value is -1.13. The maximum Gasteiger partial charge on any atom is 0.228 e. The molecule has 1 amide bonds. The Morgan fingerprint density at radius 2 is 2.12 bits per heavy atom. The van der Waals surface area contributed by atoms with Gasteiger partial charge in [-0.1, -0.05) is 17.7 Å². The summed E-state index contributed by atoms with van der Waals surface area (Å²) in [5, 5.41) is 0.412. The lowest BCUT2D eigenvalue weighted by Crippen LogP contribution is -2.45. The van der Waals surface area contributed by atoms with Crippen molar-refractivity contribution in [2.45, 2.75) is 18.3 Å². The molecule has 1 aliphatic heterocycles. The minimum Gasteiger partial charge on any atom is -0.381 e. The fourth-order valence-electron chi connectivity index (χ4n) is 2.06. The number of nitrogens with zero attached hydrogens (tertiary/aromatic N) is 1. The van der Waals surface area contributed by atoms with E-state index in [9.17, 15) is 4.79 Å². The van der Waals surface area contributed by atoms with Crippen molar-refractivity contribution >= 4 is 17.5 Å². The predicted octanol–water partition coefficient (Wildman–Crippen LogP) is 1.27. The highest BCUT2D eigenvalue weighted by Crippen LogP contribution is 2.34. The highest BCUT2D eigenvalue weighted by molar-refractivity contribution is 6.29. The predicted molar refractivity (Wildman–Crippen MR) is 60.2 cm³/mol. The molecular formula is C11H13ClN2O2. The lowest BCUT2D eigenvalue weighted by molar-refractivity contribution is -0.127. The molecule has 1 saturated heterocycles. The summed E-state index contributed by atoms with van der Waals surface area (Å²) in [6.45, 7) is 1.09. The van der Waals surface area contributed by atoms with Crippen molar-refractivity contribution in [3.05, 3.63) is 29.0 Å². The number of halogens is 1. The second kappa shape index (κ2) is 4.39. The Morgan fingerprint density at radius 1 is 1.44 bits per heavy atom. The monoisotopic (exact) mass is 240 g/mol. The number of nitrogens with two attached hydrogens (primary N) is 1. The molecule has 4 nitrogen and oxygen atoms in total. The molecule has 0 bridgehead atoms. The highest BCUT2D eigenvalue weighted by Gasteiger charge is 2.40. The third-order valence-electron chi connectivity index (χ3n) is 3.10. The zero-order chi connectivity index (χ0) is 11.6. The van der Waals surface area contributed by atoms with E-state index in [1.54, 1.807) is 12.3 Å². The van der Waals surface area contributed by atoms with Gasteiger partial charge in [-0.05, 0) is 24.5 Å². The SMILES string of the molecule is NC(=O)C1(c2ccc(Cl)nc2)CCOCC1. The topological polar surface area (TPSA) is 65.2 Å². The summed E-state index contributed by atoms with van der Waals surface area (Å²) in [4.78, 5) is 15.7. The standard InChI is InChI=1S/C11H13ClN2O2/c12-9-2-1-8(7-14-9)11(10(13)15)3-5-16-6-4-11/h1-2,7H,3-6H2,(H2,13,15). The summed E-state index contributed by atoms with van der Waals surface area (Å²) in [5.41, 5.74) is 5.70. The number of carbonyl (C=O) groups excluding carboxylic acids is 1. The molecule has 2 heterocycles. The van der Waals surface area contributed by atoms with E-state index in [1.165, 1.54) is 0 Å². The molecule has 1 aromatic heterocycles. The van der Waals surface area contributed by atoms with Gasteiger partial charge in [0.05, 0.1) is 5.41 Å². The zero-order valence-corrected chi connectivity index (χ0v) is 9.54. The number of hydrogen-bond acceptors (Lipinski definition) is 3. The van der Waals surface area contributed by atoms with Gasteiger partial charge in [0.1, 0.15) is 5.15 Å². The number of amides is 1. The molecule has 1 fully saturated rings. The average molecular weight is 241 g/mol. The Balaban J connectivity index is 2.38. The molecule has 0 radical (unpaired) electrons. The molecule has 0 atom stereocenters. The fraction of sp³-hybridized carbons (Fsp3) is 0.455. The Morgan fingerprint density at radius 3 is 2.62 bits per heavy atom. The lowest BCUT2D eigenvalue weighted by atomic mass is 9.74. The van der Waals surface area contributed by atoms with Gasteiger partial charge in [0, 0.05) is 19.4 Å². The van der Waals surface area contributed by atoms with Crippen LogP contribution in [0.3, 0.4) is 0 Å². The van der Waals surface area contributed by atoms with Gasteiger partial charge in [0.25, 0.3) is 0 Å². The normalized spacial score (nSPS) is 19.3. The van der Waals surface area contributed by atoms with Crippen LogP contribution in [0.1, 0.15) is 18.4 Å². The summed E-state index contributed by atoms with van der Waals surface area (Å²) in [5.74, 6) is -0.320. The minimum atomic E-state index is -0.643. The number of rotatable bonds is 2. The van der Waals surface area contributed by atoms with Crippen LogP contribution in [0.5, 0.6) is 0 Å². The van der Waals surface area contributed by atoms with Crippen LogP contribution in [0.25, 0.3) is 0 Å². The van der Waals surface area contributed by atoms with Gasteiger partial charge in [0.15, 0.2) is 0 Å². The molecule has 0 aromatic carbocycles. The molecular weight excluding hydrogens is 228 g/mol. The molecule has 2 rings (SSSR count). The van der Waals surface area contributed by atoms with Gasteiger partial charge in [0.2, 0.25) is 5.91 Å². The largest absolute Gasteiger partial charge is 0.381 e. The van der Waals surface area contributed by atoms with Crippen molar-refractivity contribution < 1.29 is 9.53 Å². The van der Waals surface area contributed by atoms with Crippen molar-refractivity contribution in [3.8, 4) is 0 Å². The van der Waals surface area contributed by atoms with Crippen molar-refractivity contribution in [1.82, 2.24) is 4.98 Å². The first kappa shape index (κ1) is 11.4. The maximum absolute atomic E-state index is 11.7. The molecule has 1 aliphatic rings. The molecule has 86 valence electrons. The van der Waals surface area contributed by atoms with Crippen LogP contribution in [0, 0.1) is 0 Å². The molecule has 0 unspecified atom stereocenters. The molecule has 0 spiro atoms. The Kier molecular flexibility index (Phi) is 3.12. The van der Waals surface area contributed by atoms with Crippen molar-refractivity contribution in [1.29, 1.82) is 0 Å². The number of hydrogen-bond donors (Lipinski definition) is 1. The first-order chi connectivity index (χ1) is 7.65. The first-order valence-corrected chi connectivity index (χ1v) is 5.53. The third kappa shape index (κ3) is 1.90. The van der Waals surface area contributed by atoms with Crippen molar-refractivity contribution in [3.63, 3.8) is 0 Å². The second-order valence-corrected chi connectivity index (χ2v) is 4.32. The third-order valence-corrected chi connectivity index (χ3v) is 3.32. The zero-order valence-electron chi connectivity index (χ0n) is 8.78. The van der Waals surface area contributed by atoms with Gasteiger partial charge < -0.3 is 10.5 Å². The number of primary amides is 1. The summed E-state index contributed by atoms with van der Waals surface area (Å²) in [6.07, 6.45) is 2.83. The van der Waals surface area contributed by atoms with Crippen LogP contribution in [0.4, 0.5) is 0 Å². The summed E-state index contributed by atoms with van der Waals surface area (Å²) < 4.78 is 5.27. The molecule has 16 heavy (non-hydrogen) atoms. The van der Waals surface area contributed by atoms with Crippen molar-refractivity contribution in [2.75, 3.05) is 13.2 Å². The van der Waals surface area contributed by atoms with E-state index in [1.807, 2.05) is 6.07 Å². The van der Waals surface area contributed by atoms with Gasteiger partial charge in [-0.2, -0.15) is 0 Å². The van der Waals surface area contributed by atoms with Crippen LogP contribution >= 0.6 is 11.6 Å². The maximum atomic E-state index is 11.7. The second-order valence-electron chi connectivity index (χ2n) is 3.93. The number of ether oxygens (including phenoxy) is 1. The van der Waals surface area contributed by atoms with Crippen LogP contribution in [-0.2, 0) is 14.9 Å². The van der Waals surface area contributed by atoms with Crippen molar-refractivity contribution in [2.24, 2.45) is 5.73 Å². The van der Waals surface area contributed by atoms with E-state index in [-0.39, 0.29) is 5.91 Å². The van der Waals surface area contributed by atoms with E-state index < -0.39 is 5.41 Å². The smallest absolute Gasteiger partial charge is 0.228 e. The molecule has 1 aromatic rings. The molecule has 0 saturated carbocycles. The summed E-state index contributed by atoms with van der Waals surface area (Å²) in [7, 11) is 0. The van der Waals surface area contributed by atoms with E-state index >= 15 is 0 Å². The van der Waals surface area contributed by atoms with Gasteiger partial charge in [-0.25, -0.2) is 4.98 Å². The highest BCUT2D eigenvalue weighted by atomic mass is 35.5. The van der Waals surface area contributed by atoms with Crippen LogP contribution in [0.15, 0.2) is 18.3 Å². The molecule has 5 heteroatoms. The average Bonchev–Trinajstić information content (AvgIpc) is 2.30. The van der Waals surface area contributed by atoms with E-state index in [4.69, 9.17) is 22.1 Å². The quantitative estimate of drug-likeness (QED) is 0.792. The summed E-state index contributed by atoms with van der Waals surface area (Å²) >= 11 is 5.72. The first-order valence-electron chi connectivity index (χ1n) is 5.15. The lowest BCUT2D eigenvalue weighted by Gasteiger charge is -2.34. The van der Waals surface area contributed by atoms with Gasteiger partial charge >= 0.3 is 0 Å². The van der Waals surface area contributed by atoms with E-state index in [2.05, 4.69) is 4.98 Å². The van der Waals surface area contributed by atoms with Crippen LogP contribution in [-0.4, -0.2) is 24.1 Å². The van der Waals surface area contributed by atoms with E-state index in [0.29, 0.717) is 31.2 Å². The van der Waals surface area contributed by atoms with Gasteiger partial charge in [-0.15, -0.1) is 0 Å². The molecule has 0 aliphatic carbocycles. The van der Waals surface area contributed by atoms with Gasteiger partial charge in [-0.3, -0.25) is 4.79 Å². The van der Waals surface area contributed by atoms with Crippen LogP contribution < -0.4 is 5.73 Å². The number of aromatic nitrogens is 1. The number of pyridine rings is 1. The minimum absolute atomic E-state index is 0.320. The van der Waals surface area contributed by atoms with E-state index in [0.717, 1.165) is 5.56 Å². The number of carbonyl (C=O) groups is 1. The Bertz CT molecular complexity index is 385. The molecule has 2 N–H and O–H groups in total. The van der Waals surface area contributed by atoms with Crippen LogP contribution in [0.2, 0.25) is 5.15 Å². The summed E-state index contributed by atoms with van der Waals surface area (Å²) in [6, 6.07) is 3.49.